The first kappa shape index (κ1) is 8.55. The highest BCUT2D eigenvalue weighted by Crippen LogP contribution is 2.14. The van der Waals surface area contributed by atoms with Crippen LogP contribution in [0, 0.1) is 0 Å². The van der Waals surface area contributed by atoms with Gasteiger partial charge in [-0.1, -0.05) is 0 Å². The van der Waals surface area contributed by atoms with E-state index < -0.39 is 5.97 Å². The Bertz CT molecular complexity index is 490. The first-order valence-electron chi connectivity index (χ1n) is 4.04. The number of methoxy groups -OCH3 is 1. The van der Waals surface area contributed by atoms with Crippen molar-refractivity contribution < 1.29 is 9.53 Å². The van der Waals surface area contributed by atoms with Crippen molar-refractivity contribution >= 4 is 17.2 Å². The number of fused-ring (bicyclic) bond motifs is 1. The van der Waals surface area contributed by atoms with Crippen molar-refractivity contribution in [2.45, 2.75) is 0 Å². The fourth-order valence-corrected chi connectivity index (χ4v) is 1.24. The number of carbonyl (C=O) groups is 1. The van der Waals surface area contributed by atoms with Gasteiger partial charge in [0, 0.05) is 12.3 Å². The molecule has 0 aliphatic rings. The van der Waals surface area contributed by atoms with E-state index in [0.29, 0.717) is 11.2 Å². The molecule has 0 aliphatic heterocycles. The molecule has 0 atom stereocenters. The van der Waals surface area contributed by atoms with Gasteiger partial charge in [-0.25, -0.2) is 9.31 Å². The lowest BCUT2D eigenvalue weighted by Gasteiger charge is -1.94. The summed E-state index contributed by atoms with van der Waals surface area (Å²) in [6, 6.07) is 5.11. The van der Waals surface area contributed by atoms with Crippen LogP contribution in [-0.2, 0) is 4.74 Å². The third-order valence-corrected chi connectivity index (χ3v) is 1.93. The van der Waals surface area contributed by atoms with Crippen LogP contribution in [0.15, 0.2) is 24.4 Å². The Hall–Kier alpha value is -2.04. The molecule has 0 saturated heterocycles. The summed E-state index contributed by atoms with van der Waals surface area (Å²) in [4.78, 5) is 11.2. The third-order valence-electron chi connectivity index (χ3n) is 1.93. The van der Waals surface area contributed by atoms with Gasteiger partial charge in [0.05, 0.1) is 18.3 Å². The summed E-state index contributed by atoms with van der Waals surface area (Å²) in [5.74, 6) is -0.465. The van der Waals surface area contributed by atoms with E-state index in [1.54, 1.807) is 28.9 Å². The molecule has 0 amide bonds. The minimum atomic E-state index is -0.465. The number of aromatic nitrogens is 2. The van der Waals surface area contributed by atoms with Gasteiger partial charge in [-0.15, -0.1) is 0 Å². The average Bonchev–Trinajstić information content (AvgIpc) is 2.62. The Labute approximate surface area is 80.1 Å². The molecule has 0 spiro atoms. The van der Waals surface area contributed by atoms with Crippen molar-refractivity contribution in [2.24, 2.45) is 0 Å². The largest absolute Gasteiger partial charge is 0.464 e. The maximum atomic E-state index is 11.2. The quantitative estimate of drug-likeness (QED) is 0.674. The number of pyridine rings is 1. The number of anilines is 1. The maximum Gasteiger partial charge on any atom is 0.358 e. The van der Waals surface area contributed by atoms with Crippen molar-refractivity contribution in [2.75, 3.05) is 12.8 Å². The summed E-state index contributed by atoms with van der Waals surface area (Å²) >= 11 is 0. The number of carbonyl (C=O) groups excluding carboxylic acids is 1. The molecule has 0 radical (unpaired) electrons. The number of rotatable bonds is 1. The van der Waals surface area contributed by atoms with E-state index in [1.807, 2.05) is 0 Å². The molecular formula is C9H9N3O2. The Kier molecular flexibility index (Phi) is 1.85. The van der Waals surface area contributed by atoms with Gasteiger partial charge >= 0.3 is 5.97 Å². The molecule has 2 aromatic heterocycles. The average molecular weight is 191 g/mol. The molecule has 0 unspecified atom stereocenters. The highest BCUT2D eigenvalue weighted by Gasteiger charge is 2.11. The van der Waals surface area contributed by atoms with Gasteiger partial charge < -0.3 is 10.5 Å². The second-order valence-electron chi connectivity index (χ2n) is 2.81. The Morgan fingerprint density at radius 1 is 1.64 bits per heavy atom. The van der Waals surface area contributed by atoms with Crippen molar-refractivity contribution in [1.82, 2.24) is 9.61 Å². The number of esters is 1. The molecule has 0 aromatic carbocycles. The number of ether oxygens (including phenoxy) is 1. The van der Waals surface area contributed by atoms with Crippen LogP contribution in [0.1, 0.15) is 10.5 Å². The monoisotopic (exact) mass is 191 g/mol. The minimum absolute atomic E-state index is 0.255. The zero-order valence-electron chi connectivity index (χ0n) is 7.60. The number of hydrogen-bond acceptors (Lipinski definition) is 4. The molecular weight excluding hydrogens is 182 g/mol. The topological polar surface area (TPSA) is 69.6 Å². The van der Waals surface area contributed by atoms with E-state index in [0.717, 1.165) is 0 Å². The number of hydrogen-bond donors (Lipinski definition) is 1. The second-order valence-corrected chi connectivity index (χ2v) is 2.81. The van der Waals surface area contributed by atoms with Crippen molar-refractivity contribution in [3.63, 3.8) is 0 Å². The predicted octanol–water partition coefficient (Wildman–Crippen LogP) is 0.703. The summed E-state index contributed by atoms with van der Waals surface area (Å²) in [6.07, 6.45) is 1.72. The van der Waals surface area contributed by atoms with Crippen LogP contribution in [0.25, 0.3) is 5.52 Å². The van der Waals surface area contributed by atoms with Gasteiger partial charge in [0.25, 0.3) is 0 Å². The third kappa shape index (κ3) is 1.19. The van der Waals surface area contributed by atoms with Crippen molar-refractivity contribution in [3.8, 4) is 0 Å². The first-order chi connectivity index (χ1) is 6.72. The lowest BCUT2D eigenvalue weighted by atomic mass is 10.3. The number of nitrogens with two attached hydrogens (primary N) is 1. The van der Waals surface area contributed by atoms with Crippen LogP contribution in [0.2, 0.25) is 0 Å². The van der Waals surface area contributed by atoms with E-state index in [2.05, 4.69) is 9.84 Å². The first-order valence-corrected chi connectivity index (χ1v) is 4.04. The second kappa shape index (κ2) is 3.02. The summed E-state index contributed by atoms with van der Waals surface area (Å²) < 4.78 is 6.09. The molecule has 5 heteroatoms. The summed E-state index contributed by atoms with van der Waals surface area (Å²) in [5, 5.41) is 4.01. The van der Waals surface area contributed by atoms with Crippen molar-refractivity contribution in [3.05, 3.63) is 30.1 Å². The van der Waals surface area contributed by atoms with Crippen molar-refractivity contribution in [1.29, 1.82) is 0 Å². The highest BCUT2D eigenvalue weighted by molar-refractivity contribution is 5.90. The van der Waals surface area contributed by atoms with Gasteiger partial charge in [0.1, 0.15) is 0 Å². The van der Waals surface area contributed by atoms with E-state index in [4.69, 9.17) is 5.73 Å². The maximum absolute atomic E-state index is 11.2. The van der Waals surface area contributed by atoms with Crippen LogP contribution < -0.4 is 5.73 Å². The molecule has 2 aromatic rings. The summed E-state index contributed by atoms with van der Waals surface area (Å²) in [5.41, 5.74) is 7.23. The van der Waals surface area contributed by atoms with Gasteiger partial charge in [-0.3, -0.25) is 0 Å². The van der Waals surface area contributed by atoms with Crippen LogP contribution in [0.4, 0.5) is 5.69 Å². The van der Waals surface area contributed by atoms with Crippen LogP contribution in [0.3, 0.4) is 0 Å². The zero-order chi connectivity index (χ0) is 10.1. The molecule has 0 aliphatic carbocycles. The molecule has 2 heterocycles. The molecule has 2 N–H and O–H groups in total. The van der Waals surface area contributed by atoms with Crippen LogP contribution in [-0.4, -0.2) is 22.7 Å². The van der Waals surface area contributed by atoms with Gasteiger partial charge in [-0.05, 0) is 12.1 Å². The minimum Gasteiger partial charge on any atom is -0.464 e. The van der Waals surface area contributed by atoms with E-state index in [1.165, 1.54) is 7.11 Å². The Balaban J connectivity index is 2.62. The number of nitrogens with zero attached hydrogens (tertiary/aromatic N) is 2. The normalized spacial score (nSPS) is 10.4. The Morgan fingerprint density at radius 2 is 2.43 bits per heavy atom. The summed E-state index contributed by atoms with van der Waals surface area (Å²) in [7, 11) is 1.32. The lowest BCUT2D eigenvalue weighted by Crippen LogP contribution is -2.01. The van der Waals surface area contributed by atoms with Crippen LogP contribution in [0.5, 0.6) is 0 Å². The fraction of sp³-hybridized carbons (Fsp3) is 0.111. The fourth-order valence-electron chi connectivity index (χ4n) is 1.24. The lowest BCUT2D eigenvalue weighted by molar-refractivity contribution is 0.0593. The molecule has 72 valence electrons. The van der Waals surface area contributed by atoms with Crippen LogP contribution >= 0.6 is 0 Å². The number of nitrogen functional groups attached to an aromatic ring is 1. The van der Waals surface area contributed by atoms with Gasteiger partial charge in [0.2, 0.25) is 0 Å². The molecule has 14 heavy (non-hydrogen) atoms. The SMILES string of the molecule is COC(=O)c1cc2c(N)cccn2n1. The molecule has 5 nitrogen and oxygen atoms in total. The molecule has 0 saturated carbocycles. The molecule has 0 bridgehead atoms. The predicted molar refractivity (Wildman–Crippen MR) is 50.9 cm³/mol. The Morgan fingerprint density at radius 3 is 3.07 bits per heavy atom. The van der Waals surface area contributed by atoms with Gasteiger partial charge in [-0.2, -0.15) is 5.10 Å². The van der Waals surface area contributed by atoms with E-state index in [9.17, 15) is 4.79 Å². The van der Waals surface area contributed by atoms with Gasteiger partial charge in [0.15, 0.2) is 5.69 Å². The summed E-state index contributed by atoms with van der Waals surface area (Å²) in [6.45, 7) is 0. The highest BCUT2D eigenvalue weighted by atomic mass is 16.5. The smallest absolute Gasteiger partial charge is 0.358 e. The standard InChI is InChI=1S/C9H9N3O2/c1-14-9(13)7-5-8-6(10)3-2-4-12(8)11-7/h2-5H,10H2,1H3. The molecule has 0 fully saturated rings. The molecule has 2 rings (SSSR count). The van der Waals surface area contributed by atoms with E-state index >= 15 is 0 Å². The zero-order valence-corrected chi connectivity index (χ0v) is 7.60. The van der Waals surface area contributed by atoms with E-state index in [-0.39, 0.29) is 5.69 Å².